The summed E-state index contributed by atoms with van der Waals surface area (Å²) in [4.78, 5) is 21.3. The van der Waals surface area contributed by atoms with E-state index in [9.17, 15) is 9.59 Å². The van der Waals surface area contributed by atoms with Crippen molar-refractivity contribution in [2.24, 2.45) is 0 Å². The molecular formula is C8H10O4. The monoisotopic (exact) mass is 170 g/mol. The first-order valence-corrected chi connectivity index (χ1v) is 3.62. The average Bonchev–Trinajstić information content (AvgIpc) is 2.31. The van der Waals surface area contributed by atoms with Crippen LogP contribution in [0.4, 0.5) is 0 Å². The van der Waals surface area contributed by atoms with Gasteiger partial charge in [0.25, 0.3) is 0 Å². The summed E-state index contributed by atoms with van der Waals surface area (Å²) in [6.45, 7) is 0. The second kappa shape index (κ2) is 3.49. The molecule has 66 valence electrons. The summed E-state index contributed by atoms with van der Waals surface area (Å²) in [6, 6.07) is 0. The number of carboxylic acids is 1. The Hall–Kier alpha value is -1.16. The Labute approximate surface area is 69.8 Å². The number of Topliss-reactive ketones (excluding diaryl/α,β-unsaturated/α-hetero) is 1. The quantitative estimate of drug-likeness (QED) is 0.664. The molecule has 4 heteroatoms. The van der Waals surface area contributed by atoms with E-state index in [1.54, 1.807) is 6.08 Å². The summed E-state index contributed by atoms with van der Waals surface area (Å²) < 4.78 is 4.90. The molecule has 0 aromatic carbocycles. The zero-order valence-corrected chi connectivity index (χ0v) is 6.74. The molecule has 1 N–H and O–H groups in total. The first kappa shape index (κ1) is 8.93. The normalized spacial score (nSPS) is 22.6. The number of ether oxygens (including phenoxy) is 1. The van der Waals surface area contributed by atoms with Crippen LogP contribution in [0.15, 0.2) is 11.6 Å². The Morgan fingerprint density at radius 3 is 2.92 bits per heavy atom. The molecule has 12 heavy (non-hydrogen) atoms. The predicted molar refractivity (Wildman–Crippen MR) is 40.8 cm³/mol. The zero-order chi connectivity index (χ0) is 9.14. The molecule has 1 aliphatic carbocycles. The second-order valence-corrected chi connectivity index (χ2v) is 2.66. The first-order chi connectivity index (χ1) is 5.63. The fraction of sp³-hybridized carbons (Fsp3) is 0.500. The average molecular weight is 170 g/mol. The number of aliphatic carboxylic acids is 1. The van der Waals surface area contributed by atoms with Crippen molar-refractivity contribution in [3.63, 3.8) is 0 Å². The number of carbonyl (C=O) groups excluding carboxylic acids is 1. The van der Waals surface area contributed by atoms with Gasteiger partial charge in [0.05, 0.1) is 12.5 Å². The van der Waals surface area contributed by atoms with E-state index < -0.39 is 5.97 Å². The van der Waals surface area contributed by atoms with Gasteiger partial charge in [0.15, 0.2) is 5.78 Å². The highest BCUT2D eigenvalue weighted by molar-refractivity contribution is 6.01. The van der Waals surface area contributed by atoms with Gasteiger partial charge < -0.3 is 9.84 Å². The van der Waals surface area contributed by atoms with Crippen molar-refractivity contribution in [1.29, 1.82) is 0 Å². The van der Waals surface area contributed by atoms with Crippen LogP contribution in [0.25, 0.3) is 0 Å². The van der Waals surface area contributed by atoms with Gasteiger partial charge in [-0.15, -0.1) is 0 Å². The van der Waals surface area contributed by atoms with Gasteiger partial charge >= 0.3 is 5.97 Å². The number of hydrogen-bond donors (Lipinski definition) is 1. The van der Waals surface area contributed by atoms with E-state index >= 15 is 0 Å². The number of rotatable bonds is 3. The maximum absolute atomic E-state index is 11.1. The third-order valence-corrected chi connectivity index (χ3v) is 1.78. The molecule has 0 bridgehead atoms. The minimum Gasteiger partial charge on any atom is -0.481 e. The van der Waals surface area contributed by atoms with Crippen LogP contribution in [0.5, 0.6) is 0 Å². The van der Waals surface area contributed by atoms with Gasteiger partial charge in [-0.2, -0.15) is 0 Å². The van der Waals surface area contributed by atoms with Crippen molar-refractivity contribution in [3.05, 3.63) is 11.6 Å². The summed E-state index contributed by atoms with van der Waals surface area (Å²) in [5.74, 6) is -1.10. The maximum Gasteiger partial charge on any atom is 0.307 e. The predicted octanol–water partition coefficient (Wildman–Crippen LogP) is 0.375. The van der Waals surface area contributed by atoms with Crippen LogP contribution < -0.4 is 0 Å². The third kappa shape index (κ3) is 1.92. The molecule has 0 amide bonds. The highest BCUT2D eigenvalue weighted by Gasteiger charge is 2.24. The van der Waals surface area contributed by atoms with Crippen LogP contribution in [0.3, 0.4) is 0 Å². The molecule has 0 aromatic rings. The lowest BCUT2D eigenvalue weighted by atomic mass is 10.1. The molecule has 0 saturated carbocycles. The van der Waals surface area contributed by atoms with Crippen LogP contribution in [-0.4, -0.2) is 30.1 Å². The molecule has 1 aliphatic rings. The lowest BCUT2D eigenvalue weighted by molar-refractivity contribution is -0.136. The van der Waals surface area contributed by atoms with E-state index in [1.165, 1.54) is 7.11 Å². The van der Waals surface area contributed by atoms with E-state index in [2.05, 4.69) is 0 Å². The van der Waals surface area contributed by atoms with Crippen molar-refractivity contribution in [2.75, 3.05) is 7.11 Å². The standard InChI is InChI=1S/C8H10O4/c1-12-6-2-5(3-8(10)11)7(9)4-6/h2,6H,3-4H2,1H3,(H,10,11). The van der Waals surface area contributed by atoms with E-state index in [-0.39, 0.29) is 24.7 Å². The lowest BCUT2D eigenvalue weighted by Crippen LogP contribution is -2.06. The van der Waals surface area contributed by atoms with Gasteiger partial charge in [-0.05, 0) is 6.08 Å². The second-order valence-electron chi connectivity index (χ2n) is 2.66. The van der Waals surface area contributed by atoms with Gasteiger partial charge in [-0.25, -0.2) is 0 Å². The van der Waals surface area contributed by atoms with Gasteiger partial charge in [0, 0.05) is 19.1 Å². The Bertz CT molecular complexity index is 241. The van der Waals surface area contributed by atoms with Gasteiger partial charge in [-0.3, -0.25) is 9.59 Å². The van der Waals surface area contributed by atoms with Crippen LogP contribution in [-0.2, 0) is 14.3 Å². The van der Waals surface area contributed by atoms with Crippen LogP contribution in [0.2, 0.25) is 0 Å². The maximum atomic E-state index is 11.1. The molecule has 0 aromatic heterocycles. The molecule has 0 radical (unpaired) electrons. The van der Waals surface area contributed by atoms with Crippen molar-refractivity contribution in [3.8, 4) is 0 Å². The van der Waals surface area contributed by atoms with Crippen molar-refractivity contribution in [1.82, 2.24) is 0 Å². The Kier molecular flexibility index (Phi) is 2.60. The number of carbonyl (C=O) groups is 2. The number of methoxy groups -OCH3 is 1. The molecule has 1 atom stereocenters. The number of ketones is 1. The smallest absolute Gasteiger partial charge is 0.307 e. The topological polar surface area (TPSA) is 63.6 Å². The Balaban J connectivity index is 2.63. The molecule has 0 heterocycles. The van der Waals surface area contributed by atoms with Crippen LogP contribution in [0, 0.1) is 0 Å². The van der Waals surface area contributed by atoms with Crippen LogP contribution >= 0.6 is 0 Å². The lowest BCUT2D eigenvalue weighted by Gasteiger charge is -1.99. The van der Waals surface area contributed by atoms with Crippen molar-refractivity contribution >= 4 is 11.8 Å². The fourth-order valence-corrected chi connectivity index (χ4v) is 1.16. The summed E-state index contributed by atoms with van der Waals surface area (Å²) in [5, 5.41) is 8.42. The van der Waals surface area contributed by atoms with Crippen molar-refractivity contribution < 1.29 is 19.4 Å². The van der Waals surface area contributed by atoms with Gasteiger partial charge in [0.1, 0.15) is 0 Å². The molecule has 1 rings (SSSR count). The summed E-state index contributed by atoms with van der Waals surface area (Å²) in [7, 11) is 1.50. The molecule has 0 fully saturated rings. The molecule has 1 unspecified atom stereocenters. The zero-order valence-electron chi connectivity index (χ0n) is 6.74. The van der Waals surface area contributed by atoms with Crippen molar-refractivity contribution in [2.45, 2.75) is 18.9 Å². The Morgan fingerprint density at radius 2 is 2.50 bits per heavy atom. The highest BCUT2D eigenvalue weighted by Crippen LogP contribution is 2.19. The fourth-order valence-electron chi connectivity index (χ4n) is 1.16. The molecule has 0 aliphatic heterocycles. The molecule has 0 spiro atoms. The van der Waals surface area contributed by atoms with Gasteiger partial charge in [-0.1, -0.05) is 0 Å². The molecule has 0 saturated heterocycles. The summed E-state index contributed by atoms with van der Waals surface area (Å²) in [5.41, 5.74) is 0.356. The van der Waals surface area contributed by atoms with E-state index in [1.807, 2.05) is 0 Å². The number of carboxylic acid groups (broad SMARTS) is 1. The van der Waals surface area contributed by atoms with E-state index in [0.717, 1.165) is 0 Å². The largest absolute Gasteiger partial charge is 0.481 e. The molecule has 4 nitrogen and oxygen atoms in total. The van der Waals surface area contributed by atoms with Crippen LogP contribution in [0.1, 0.15) is 12.8 Å². The summed E-state index contributed by atoms with van der Waals surface area (Å²) in [6.07, 6.45) is 1.43. The molecular weight excluding hydrogens is 160 g/mol. The number of hydrogen-bond acceptors (Lipinski definition) is 3. The first-order valence-electron chi connectivity index (χ1n) is 3.62. The van der Waals surface area contributed by atoms with E-state index in [0.29, 0.717) is 5.57 Å². The highest BCUT2D eigenvalue weighted by atomic mass is 16.5. The van der Waals surface area contributed by atoms with E-state index in [4.69, 9.17) is 9.84 Å². The third-order valence-electron chi connectivity index (χ3n) is 1.78. The minimum atomic E-state index is -0.980. The SMILES string of the molecule is COC1C=C(CC(=O)O)C(=O)C1. The Morgan fingerprint density at radius 1 is 1.83 bits per heavy atom. The van der Waals surface area contributed by atoms with Gasteiger partial charge in [0.2, 0.25) is 0 Å². The minimum absolute atomic E-state index is 0.121. The summed E-state index contributed by atoms with van der Waals surface area (Å²) >= 11 is 0.